The first-order valence-electron chi connectivity index (χ1n) is 8.92. The second kappa shape index (κ2) is 7.52. The Bertz CT molecular complexity index is 1090. The van der Waals surface area contributed by atoms with E-state index in [2.05, 4.69) is 5.32 Å². The number of nitrogens with one attached hydrogen (secondary N) is 1. The van der Waals surface area contributed by atoms with E-state index in [1.54, 1.807) is 18.2 Å². The van der Waals surface area contributed by atoms with Gasteiger partial charge in [-0.05, 0) is 30.3 Å². The van der Waals surface area contributed by atoms with Crippen molar-refractivity contribution >= 4 is 15.7 Å². The van der Waals surface area contributed by atoms with Gasteiger partial charge in [0.1, 0.15) is 17.3 Å². The van der Waals surface area contributed by atoms with E-state index in [1.165, 1.54) is 24.3 Å². The molecule has 7 heteroatoms. The van der Waals surface area contributed by atoms with Crippen molar-refractivity contribution in [2.24, 2.45) is 0 Å². The van der Waals surface area contributed by atoms with Gasteiger partial charge in [-0.15, -0.1) is 0 Å². The normalized spacial score (nSPS) is 16.1. The smallest absolute Gasteiger partial charge is 0.287 e. The standard InChI is InChI=1S/C21H19NO5S/c23-21(22-18-12-13-26-19-9-5-4-8-17(18)19)20-11-10-15(27-20)14-28(24,25)16-6-2-1-3-7-16/h1-11,18H,12-14H2,(H,22,23)/t18-/m0/s1. The molecule has 2 aromatic carbocycles. The van der Waals surface area contributed by atoms with Crippen LogP contribution in [0.25, 0.3) is 0 Å². The molecular weight excluding hydrogens is 378 g/mol. The van der Waals surface area contributed by atoms with Crippen molar-refractivity contribution in [2.75, 3.05) is 6.61 Å². The van der Waals surface area contributed by atoms with Crippen LogP contribution in [0.2, 0.25) is 0 Å². The number of rotatable bonds is 5. The van der Waals surface area contributed by atoms with E-state index in [-0.39, 0.29) is 34.1 Å². The number of furan rings is 1. The number of fused-ring (bicyclic) bond motifs is 1. The van der Waals surface area contributed by atoms with E-state index >= 15 is 0 Å². The van der Waals surface area contributed by atoms with Crippen molar-refractivity contribution in [2.45, 2.75) is 23.1 Å². The number of ether oxygens (including phenoxy) is 1. The predicted molar refractivity (Wildman–Crippen MR) is 103 cm³/mol. The molecule has 6 nitrogen and oxygen atoms in total. The Labute approximate surface area is 163 Å². The van der Waals surface area contributed by atoms with Crippen LogP contribution in [0, 0.1) is 0 Å². The number of para-hydroxylation sites is 1. The average molecular weight is 397 g/mol. The SMILES string of the molecule is O=C(N[C@H]1CCOc2ccccc21)c1ccc(CS(=O)(=O)c2ccccc2)o1. The van der Waals surface area contributed by atoms with Crippen LogP contribution in [0.4, 0.5) is 0 Å². The summed E-state index contributed by atoms with van der Waals surface area (Å²) in [4.78, 5) is 12.8. The van der Waals surface area contributed by atoms with Gasteiger partial charge < -0.3 is 14.5 Å². The van der Waals surface area contributed by atoms with Gasteiger partial charge in [0.25, 0.3) is 5.91 Å². The van der Waals surface area contributed by atoms with E-state index in [0.717, 1.165) is 11.3 Å². The minimum absolute atomic E-state index is 0.0854. The molecule has 0 unspecified atom stereocenters. The fourth-order valence-corrected chi connectivity index (χ4v) is 4.47. The average Bonchev–Trinajstić information content (AvgIpc) is 3.17. The maximum Gasteiger partial charge on any atom is 0.287 e. The van der Waals surface area contributed by atoms with E-state index in [1.807, 2.05) is 24.3 Å². The predicted octanol–water partition coefficient (Wildman–Crippen LogP) is 3.51. The highest BCUT2D eigenvalue weighted by molar-refractivity contribution is 7.90. The second-order valence-corrected chi connectivity index (χ2v) is 8.53. The zero-order valence-corrected chi connectivity index (χ0v) is 15.8. The summed E-state index contributed by atoms with van der Waals surface area (Å²) < 4.78 is 36.0. The van der Waals surface area contributed by atoms with Gasteiger partial charge in [-0.3, -0.25) is 4.79 Å². The first-order chi connectivity index (χ1) is 13.5. The zero-order valence-electron chi connectivity index (χ0n) is 15.0. The third kappa shape index (κ3) is 3.80. The molecule has 0 saturated carbocycles. The largest absolute Gasteiger partial charge is 0.493 e. The van der Waals surface area contributed by atoms with Crippen molar-refractivity contribution in [3.05, 3.63) is 83.8 Å². The lowest BCUT2D eigenvalue weighted by molar-refractivity contribution is 0.0895. The summed E-state index contributed by atoms with van der Waals surface area (Å²) in [5, 5.41) is 2.94. The number of sulfone groups is 1. The van der Waals surface area contributed by atoms with Gasteiger partial charge in [-0.25, -0.2) is 8.42 Å². The Hall–Kier alpha value is -3.06. The maximum atomic E-state index is 12.6. The van der Waals surface area contributed by atoms with Crippen LogP contribution in [0.5, 0.6) is 5.75 Å². The molecule has 1 atom stereocenters. The van der Waals surface area contributed by atoms with Crippen LogP contribution < -0.4 is 10.1 Å². The van der Waals surface area contributed by atoms with Gasteiger partial charge in [0.15, 0.2) is 15.6 Å². The fraction of sp³-hybridized carbons (Fsp3) is 0.190. The minimum atomic E-state index is -3.53. The lowest BCUT2D eigenvalue weighted by Crippen LogP contribution is -2.31. The number of benzene rings is 2. The first kappa shape index (κ1) is 18.3. The molecule has 144 valence electrons. The maximum absolute atomic E-state index is 12.6. The number of carbonyl (C=O) groups excluding carboxylic acids is 1. The summed E-state index contributed by atoms with van der Waals surface area (Å²) in [6.45, 7) is 0.515. The first-order valence-corrected chi connectivity index (χ1v) is 10.6. The highest BCUT2D eigenvalue weighted by atomic mass is 32.2. The molecule has 1 aromatic heterocycles. The van der Waals surface area contributed by atoms with Crippen LogP contribution in [0.3, 0.4) is 0 Å². The number of amides is 1. The minimum Gasteiger partial charge on any atom is -0.493 e. The van der Waals surface area contributed by atoms with E-state index < -0.39 is 9.84 Å². The van der Waals surface area contributed by atoms with Crippen molar-refractivity contribution in [1.29, 1.82) is 0 Å². The van der Waals surface area contributed by atoms with Crippen LogP contribution in [0.1, 0.15) is 34.3 Å². The molecule has 1 N–H and O–H groups in total. The molecule has 1 amide bonds. The topological polar surface area (TPSA) is 85.6 Å². The third-order valence-corrected chi connectivity index (χ3v) is 6.24. The van der Waals surface area contributed by atoms with Crippen LogP contribution in [-0.4, -0.2) is 20.9 Å². The Morgan fingerprint density at radius 3 is 2.57 bits per heavy atom. The Kier molecular flexibility index (Phi) is 4.92. The lowest BCUT2D eigenvalue weighted by Gasteiger charge is -2.26. The molecule has 1 aliphatic heterocycles. The van der Waals surface area contributed by atoms with Crippen LogP contribution in [0.15, 0.2) is 76.0 Å². The molecule has 1 aliphatic rings. The molecule has 0 aliphatic carbocycles. The van der Waals surface area contributed by atoms with Crippen molar-refractivity contribution in [3.8, 4) is 5.75 Å². The fourth-order valence-electron chi connectivity index (χ4n) is 3.20. The summed E-state index contributed by atoms with van der Waals surface area (Å²) in [5.41, 5.74) is 0.917. The molecule has 0 saturated heterocycles. The summed E-state index contributed by atoms with van der Waals surface area (Å²) in [7, 11) is -3.53. The second-order valence-electron chi connectivity index (χ2n) is 6.54. The summed E-state index contributed by atoms with van der Waals surface area (Å²) in [5.74, 6) is 0.381. The van der Waals surface area contributed by atoms with E-state index in [0.29, 0.717) is 13.0 Å². The highest BCUT2D eigenvalue weighted by Crippen LogP contribution is 2.31. The molecule has 0 radical (unpaired) electrons. The van der Waals surface area contributed by atoms with Gasteiger partial charge in [-0.2, -0.15) is 0 Å². The molecular formula is C21H19NO5S. The van der Waals surface area contributed by atoms with Crippen molar-refractivity contribution in [1.82, 2.24) is 5.32 Å². The quantitative estimate of drug-likeness (QED) is 0.712. The number of hydrogen-bond donors (Lipinski definition) is 1. The summed E-state index contributed by atoms with van der Waals surface area (Å²) >= 11 is 0. The Balaban J connectivity index is 1.47. The van der Waals surface area contributed by atoms with Gasteiger partial charge in [0, 0.05) is 12.0 Å². The molecule has 28 heavy (non-hydrogen) atoms. The van der Waals surface area contributed by atoms with Crippen molar-refractivity contribution in [3.63, 3.8) is 0 Å². The Morgan fingerprint density at radius 2 is 1.75 bits per heavy atom. The van der Waals surface area contributed by atoms with E-state index in [4.69, 9.17) is 9.15 Å². The van der Waals surface area contributed by atoms with Crippen LogP contribution >= 0.6 is 0 Å². The highest BCUT2D eigenvalue weighted by Gasteiger charge is 2.25. The molecule has 0 fully saturated rings. The van der Waals surface area contributed by atoms with Gasteiger partial charge >= 0.3 is 0 Å². The number of hydrogen-bond acceptors (Lipinski definition) is 5. The molecule has 4 rings (SSSR count). The Morgan fingerprint density at radius 1 is 1.00 bits per heavy atom. The number of carbonyl (C=O) groups is 1. The zero-order chi connectivity index (χ0) is 19.6. The molecule has 0 bridgehead atoms. The molecule has 3 aromatic rings. The van der Waals surface area contributed by atoms with Gasteiger partial charge in [0.05, 0.1) is 17.5 Å². The monoisotopic (exact) mass is 397 g/mol. The molecule has 0 spiro atoms. The summed E-state index contributed by atoms with van der Waals surface area (Å²) in [6, 6.07) is 18.6. The van der Waals surface area contributed by atoms with E-state index in [9.17, 15) is 13.2 Å². The third-order valence-electron chi connectivity index (χ3n) is 4.58. The van der Waals surface area contributed by atoms with Crippen molar-refractivity contribution < 1.29 is 22.4 Å². The lowest BCUT2D eigenvalue weighted by atomic mass is 10.0. The molecule has 2 heterocycles. The van der Waals surface area contributed by atoms with Crippen LogP contribution in [-0.2, 0) is 15.6 Å². The van der Waals surface area contributed by atoms with Gasteiger partial charge in [-0.1, -0.05) is 36.4 Å². The summed E-state index contributed by atoms with van der Waals surface area (Å²) in [6.07, 6.45) is 0.651. The van der Waals surface area contributed by atoms with Gasteiger partial charge in [0.2, 0.25) is 0 Å².